The van der Waals surface area contributed by atoms with Crippen LogP contribution in [0.3, 0.4) is 0 Å². The predicted molar refractivity (Wildman–Crippen MR) is 63.4 cm³/mol. The largest absolute Gasteiger partial charge is 0.441 e. The van der Waals surface area contributed by atoms with Gasteiger partial charge in [0.05, 0.1) is 0 Å². The molecule has 96 valence electrons. The average molecular weight is 252 g/mol. The van der Waals surface area contributed by atoms with Gasteiger partial charge < -0.3 is 10.2 Å². The van der Waals surface area contributed by atoms with Gasteiger partial charge in [0.25, 0.3) is 6.43 Å². The van der Waals surface area contributed by atoms with E-state index in [4.69, 9.17) is 10.2 Å². The molecule has 0 saturated heterocycles. The van der Waals surface area contributed by atoms with Crippen molar-refractivity contribution in [2.24, 2.45) is 5.73 Å². The Morgan fingerprint density at radius 2 is 2.17 bits per heavy atom. The minimum Gasteiger partial charge on any atom is -0.441 e. The normalized spacial score (nSPS) is 17.6. The van der Waals surface area contributed by atoms with Gasteiger partial charge in [-0.05, 0) is 37.5 Å². The molecule has 0 radical (unpaired) electrons. The first kappa shape index (κ1) is 11.6. The molecule has 1 aliphatic carbocycles. The van der Waals surface area contributed by atoms with E-state index in [9.17, 15) is 8.78 Å². The van der Waals surface area contributed by atoms with Crippen molar-refractivity contribution in [1.29, 1.82) is 0 Å². The molecule has 0 unspecified atom stereocenters. The van der Waals surface area contributed by atoms with E-state index in [0.29, 0.717) is 23.4 Å². The van der Waals surface area contributed by atoms with Crippen LogP contribution < -0.4 is 5.73 Å². The van der Waals surface area contributed by atoms with Crippen molar-refractivity contribution in [1.82, 2.24) is 4.98 Å². The van der Waals surface area contributed by atoms with Crippen LogP contribution in [0.15, 0.2) is 22.6 Å². The van der Waals surface area contributed by atoms with E-state index in [-0.39, 0.29) is 11.1 Å². The number of nitrogens with two attached hydrogens (primary N) is 1. The van der Waals surface area contributed by atoms with E-state index in [1.54, 1.807) is 6.07 Å². The lowest BCUT2D eigenvalue weighted by atomic mass is 10.1. The zero-order valence-electron chi connectivity index (χ0n) is 9.83. The maximum absolute atomic E-state index is 12.5. The van der Waals surface area contributed by atoms with Gasteiger partial charge in [0, 0.05) is 17.5 Å². The Morgan fingerprint density at radius 1 is 1.39 bits per heavy atom. The summed E-state index contributed by atoms with van der Waals surface area (Å²) in [5, 5.41) is 0. The topological polar surface area (TPSA) is 52.0 Å². The van der Waals surface area contributed by atoms with Crippen LogP contribution in [0, 0.1) is 0 Å². The molecule has 1 aliphatic rings. The minimum atomic E-state index is -2.48. The molecule has 3 rings (SSSR count). The summed E-state index contributed by atoms with van der Waals surface area (Å²) in [6.07, 6.45) is 1.11. The van der Waals surface area contributed by atoms with Gasteiger partial charge in [0.15, 0.2) is 11.5 Å². The summed E-state index contributed by atoms with van der Waals surface area (Å²) in [4.78, 5) is 4.23. The van der Waals surface area contributed by atoms with Crippen molar-refractivity contribution in [3.05, 3.63) is 29.7 Å². The van der Waals surface area contributed by atoms with Gasteiger partial charge in [0.1, 0.15) is 5.52 Å². The van der Waals surface area contributed by atoms with Crippen LogP contribution in [0.1, 0.15) is 37.1 Å². The van der Waals surface area contributed by atoms with E-state index >= 15 is 0 Å². The Balaban J connectivity index is 1.81. The van der Waals surface area contributed by atoms with E-state index in [1.807, 2.05) is 0 Å². The van der Waals surface area contributed by atoms with Crippen molar-refractivity contribution in [2.75, 3.05) is 0 Å². The van der Waals surface area contributed by atoms with Gasteiger partial charge >= 0.3 is 0 Å². The number of fused-ring (bicyclic) bond motifs is 1. The van der Waals surface area contributed by atoms with Gasteiger partial charge in [-0.15, -0.1) is 0 Å². The first-order valence-corrected chi connectivity index (χ1v) is 6.02. The number of rotatable bonds is 4. The molecule has 5 heteroatoms. The molecule has 1 aromatic carbocycles. The molecule has 18 heavy (non-hydrogen) atoms. The Kier molecular flexibility index (Phi) is 2.59. The van der Waals surface area contributed by atoms with Gasteiger partial charge in [-0.2, -0.15) is 0 Å². The van der Waals surface area contributed by atoms with Crippen LogP contribution in [0.25, 0.3) is 11.1 Å². The summed E-state index contributed by atoms with van der Waals surface area (Å²) >= 11 is 0. The monoisotopic (exact) mass is 252 g/mol. The minimum absolute atomic E-state index is 0.0279. The van der Waals surface area contributed by atoms with Crippen molar-refractivity contribution in [3.8, 4) is 0 Å². The third-order valence-corrected chi connectivity index (χ3v) is 3.44. The Labute approximate surface area is 103 Å². The molecule has 0 amide bonds. The number of aromatic nitrogens is 1. The van der Waals surface area contributed by atoms with Crippen molar-refractivity contribution in [3.63, 3.8) is 0 Å². The average Bonchev–Trinajstić information content (AvgIpc) is 2.92. The molecule has 1 fully saturated rings. The number of aryl methyl sites for hydroxylation is 1. The molecule has 3 nitrogen and oxygen atoms in total. The molecule has 0 aliphatic heterocycles. The summed E-state index contributed by atoms with van der Waals surface area (Å²) in [6, 6.07) is 4.29. The molecule has 2 aromatic rings. The van der Waals surface area contributed by atoms with Crippen LogP contribution in [0.4, 0.5) is 8.78 Å². The summed E-state index contributed by atoms with van der Waals surface area (Å²) in [5.41, 5.74) is 6.95. The molecule has 1 aromatic heterocycles. The van der Waals surface area contributed by atoms with Crippen molar-refractivity contribution in [2.45, 2.75) is 37.6 Å². The standard InChI is InChI=1S/C13H14F2N2O/c14-12(15)8-1-2-10-9(7-8)17-11(18-10)3-4-13(16)5-6-13/h1-2,7,12H,3-6,16H2. The molecule has 0 bridgehead atoms. The highest BCUT2D eigenvalue weighted by molar-refractivity contribution is 5.73. The lowest BCUT2D eigenvalue weighted by Gasteiger charge is -2.04. The molecular weight excluding hydrogens is 238 g/mol. The third kappa shape index (κ3) is 2.22. The number of hydrogen-bond acceptors (Lipinski definition) is 3. The van der Waals surface area contributed by atoms with Gasteiger partial charge in [0.2, 0.25) is 0 Å². The molecule has 0 atom stereocenters. The van der Waals surface area contributed by atoms with Crippen LogP contribution in [-0.4, -0.2) is 10.5 Å². The fourth-order valence-electron chi connectivity index (χ4n) is 2.00. The van der Waals surface area contributed by atoms with Crippen LogP contribution >= 0.6 is 0 Å². The summed E-state index contributed by atoms with van der Waals surface area (Å²) in [7, 11) is 0. The van der Waals surface area contributed by atoms with Crippen LogP contribution in [0.2, 0.25) is 0 Å². The second-order valence-corrected chi connectivity index (χ2v) is 5.00. The molecule has 2 N–H and O–H groups in total. The zero-order chi connectivity index (χ0) is 12.8. The zero-order valence-corrected chi connectivity index (χ0v) is 9.83. The highest BCUT2D eigenvalue weighted by Crippen LogP contribution is 2.36. The number of nitrogens with zero attached hydrogens (tertiary/aromatic N) is 1. The summed E-state index contributed by atoms with van der Waals surface area (Å²) in [5.74, 6) is 0.577. The first-order valence-electron chi connectivity index (χ1n) is 6.02. The van der Waals surface area contributed by atoms with Crippen LogP contribution in [0.5, 0.6) is 0 Å². The van der Waals surface area contributed by atoms with Gasteiger partial charge in [-0.3, -0.25) is 0 Å². The van der Waals surface area contributed by atoms with E-state index in [2.05, 4.69) is 4.98 Å². The number of oxazole rings is 1. The number of benzene rings is 1. The number of alkyl halides is 2. The lowest BCUT2D eigenvalue weighted by Crippen LogP contribution is -2.22. The second-order valence-electron chi connectivity index (χ2n) is 5.00. The Bertz CT molecular complexity index is 575. The van der Waals surface area contributed by atoms with Crippen molar-refractivity contribution < 1.29 is 13.2 Å². The molecule has 0 spiro atoms. The van der Waals surface area contributed by atoms with E-state index in [0.717, 1.165) is 19.3 Å². The van der Waals surface area contributed by atoms with Gasteiger partial charge in [-0.1, -0.05) is 0 Å². The Hall–Kier alpha value is -1.49. The van der Waals surface area contributed by atoms with Gasteiger partial charge in [-0.25, -0.2) is 13.8 Å². The fraction of sp³-hybridized carbons (Fsp3) is 0.462. The SMILES string of the molecule is NC1(CCc2nc3cc(C(F)F)ccc3o2)CC1. The summed E-state index contributed by atoms with van der Waals surface area (Å²) < 4.78 is 30.6. The first-order chi connectivity index (χ1) is 8.56. The molecule has 1 heterocycles. The van der Waals surface area contributed by atoms with E-state index < -0.39 is 6.43 Å². The maximum Gasteiger partial charge on any atom is 0.263 e. The second kappa shape index (κ2) is 4.02. The third-order valence-electron chi connectivity index (χ3n) is 3.44. The smallest absolute Gasteiger partial charge is 0.263 e. The quantitative estimate of drug-likeness (QED) is 0.909. The van der Waals surface area contributed by atoms with E-state index in [1.165, 1.54) is 12.1 Å². The fourth-order valence-corrected chi connectivity index (χ4v) is 2.00. The molecule has 1 saturated carbocycles. The van der Waals surface area contributed by atoms with Crippen molar-refractivity contribution >= 4 is 11.1 Å². The number of hydrogen-bond donors (Lipinski definition) is 1. The summed E-state index contributed by atoms with van der Waals surface area (Å²) in [6.45, 7) is 0. The number of halogens is 2. The molecular formula is C13H14F2N2O. The highest BCUT2D eigenvalue weighted by atomic mass is 19.3. The predicted octanol–water partition coefficient (Wildman–Crippen LogP) is 3.19. The highest BCUT2D eigenvalue weighted by Gasteiger charge is 2.37. The maximum atomic E-state index is 12.5. The lowest BCUT2D eigenvalue weighted by molar-refractivity contribution is 0.151. The van der Waals surface area contributed by atoms with Crippen LogP contribution in [-0.2, 0) is 6.42 Å². The Morgan fingerprint density at radius 3 is 2.83 bits per heavy atom.